The molecule has 0 atom stereocenters. The van der Waals surface area contributed by atoms with Gasteiger partial charge in [-0.1, -0.05) is 46.7 Å². The van der Waals surface area contributed by atoms with Crippen molar-refractivity contribution in [1.29, 1.82) is 0 Å². The summed E-state index contributed by atoms with van der Waals surface area (Å²) in [4.78, 5) is 24.8. The molecule has 2 aromatic heterocycles. The van der Waals surface area contributed by atoms with Gasteiger partial charge in [0.1, 0.15) is 5.52 Å². The van der Waals surface area contributed by atoms with Crippen LogP contribution in [0.4, 0.5) is 5.13 Å². The molecule has 0 N–H and O–H groups in total. The molecule has 0 bridgehead atoms. The zero-order chi connectivity index (χ0) is 20.9. The Morgan fingerprint density at radius 3 is 2.63 bits per heavy atom. The normalized spacial score (nSPS) is 11.0. The summed E-state index contributed by atoms with van der Waals surface area (Å²) >= 11 is 15.3. The Morgan fingerprint density at radius 1 is 1.07 bits per heavy atom. The van der Waals surface area contributed by atoms with Crippen LogP contribution in [0.1, 0.15) is 12.0 Å². The molecule has 2 heterocycles. The van der Waals surface area contributed by atoms with Crippen LogP contribution >= 0.6 is 46.3 Å². The van der Waals surface area contributed by atoms with E-state index in [4.69, 9.17) is 23.2 Å². The Hall–Kier alpha value is -2.12. The maximum Gasteiger partial charge on any atom is 0.229 e. The monoisotopic (exact) mass is 473 g/mol. The molecule has 30 heavy (non-hydrogen) atoms. The molecule has 1 amide bonds. The number of halogens is 2. The molecule has 4 aromatic rings. The van der Waals surface area contributed by atoms with Gasteiger partial charge in [0.15, 0.2) is 5.13 Å². The standard InChI is InChI=1S/C22H17Cl2N3OS2/c23-16-6-8-17(9-7-16)29-12-10-20(28)27(14-15-3-2-11-25-13-15)22-26-21-18(24)4-1-5-19(21)30-22/h1-9,11,13H,10,12,14H2. The molecule has 0 unspecified atom stereocenters. The Labute approximate surface area is 192 Å². The fraction of sp³-hybridized carbons (Fsp3) is 0.136. The van der Waals surface area contributed by atoms with Crippen molar-refractivity contribution in [2.45, 2.75) is 17.9 Å². The third-order valence-corrected chi connectivity index (χ3v) is 6.97. The number of thioether (sulfide) groups is 1. The number of carbonyl (C=O) groups is 1. The largest absolute Gasteiger partial charge is 0.284 e. The van der Waals surface area contributed by atoms with Crippen molar-refractivity contribution in [3.8, 4) is 0 Å². The van der Waals surface area contributed by atoms with Crippen molar-refractivity contribution in [3.63, 3.8) is 0 Å². The first-order valence-corrected chi connectivity index (χ1v) is 11.8. The van der Waals surface area contributed by atoms with Gasteiger partial charge in [-0.15, -0.1) is 11.8 Å². The van der Waals surface area contributed by atoms with Gasteiger partial charge < -0.3 is 0 Å². The van der Waals surface area contributed by atoms with Gasteiger partial charge >= 0.3 is 0 Å². The van der Waals surface area contributed by atoms with E-state index in [2.05, 4.69) is 9.97 Å². The highest BCUT2D eigenvalue weighted by molar-refractivity contribution is 7.99. The number of rotatable bonds is 7. The molecule has 0 aliphatic carbocycles. The van der Waals surface area contributed by atoms with Crippen LogP contribution < -0.4 is 4.90 Å². The Balaban J connectivity index is 1.53. The molecule has 152 valence electrons. The number of nitrogens with zero attached hydrogens (tertiary/aromatic N) is 3. The van der Waals surface area contributed by atoms with Gasteiger partial charge in [0.2, 0.25) is 5.91 Å². The van der Waals surface area contributed by atoms with Crippen molar-refractivity contribution >= 4 is 67.6 Å². The molecule has 4 rings (SSSR count). The molecule has 0 saturated heterocycles. The van der Waals surface area contributed by atoms with Gasteiger partial charge in [-0.3, -0.25) is 14.7 Å². The second kappa shape index (κ2) is 9.79. The van der Waals surface area contributed by atoms with E-state index in [1.807, 2.05) is 54.6 Å². The SMILES string of the molecule is O=C(CCSc1ccc(Cl)cc1)N(Cc1cccnc1)c1nc2c(Cl)cccc2s1. The lowest BCUT2D eigenvalue weighted by Crippen LogP contribution is -2.30. The van der Waals surface area contributed by atoms with E-state index in [0.29, 0.717) is 33.9 Å². The summed E-state index contributed by atoms with van der Waals surface area (Å²) in [6.45, 7) is 0.412. The molecule has 0 radical (unpaired) electrons. The lowest BCUT2D eigenvalue weighted by molar-refractivity contribution is -0.118. The fourth-order valence-corrected chi connectivity index (χ4v) is 5.13. The third kappa shape index (κ3) is 5.13. The second-order valence-electron chi connectivity index (χ2n) is 6.48. The number of hydrogen-bond donors (Lipinski definition) is 0. The van der Waals surface area contributed by atoms with Gasteiger partial charge in [0, 0.05) is 34.5 Å². The first-order chi connectivity index (χ1) is 14.6. The smallest absolute Gasteiger partial charge is 0.229 e. The quantitative estimate of drug-likeness (QED) is 0.279. The number of hydrogen-bond acceptors (Lipinski definition) is 5. The lowest BCUT2D eigenvalue weighted by atomic mass is 10.2. The number of thiazole rings is 1. The Morgan fingerprint density at radius 2 is 1.90 bits per heavy atom. The molecule has 0 spiro atoms. The predicted octanol–water partition coefficient (Wildman–Crippen LogP) is 6.71. The minimum atomic E-state index is 0.00972. The molecule has 8 heteroatoms. The molecule has 0 fully saturated rings. The van der Waals surface area contributed by atoms with Gasteiger partial charge in [-0.05, 0) is 48.0 Å². The van der Waals surface area contributed by atoms with E-state index in [-0.39, 0.29) is 5.91 Å². The number of para-hydroxylation sites is 1. The number of aromatic nitrogens is 2. The van der Waals surface area contributed by atoms with E-state index in [0.717, 1.165) is 20.7 Å². The van der Waals surface area contributed by atoms with Gasteiger partial charge in [0.05, 0.1) is 16.3 Å². The Kier molecular flexibility index (Phi) is 6.89. The van der Waals surface area contributed by atoms with Crippen molar-refractivity contribution in [1.82, 2.24) is 9.97 Å². The third-order valence-electron chi connectivity index (χ3n) is 4.35. The van der Waals surface area contributed by atoms with Crippen LogP contribution in [-0.4, -0.2) is 21.6 Å². The van der Waals surface area contributed by atoms with Crippen LogP contribution in [0.3, 0.4) is 0 Å². The van der Waals surface area contributed by atoms with E-state index in [1.165, 1.54) is 11.3 Å². The fourth-order valence-electron chi connectivity index (χ4n) is 2.88. The average Bonchev–Trinajstić information content (AvgIpc) is 3.19. The molecule has 4 nitrogen and oxygen atoms in total. The summed E-state index contributed by atoms with van der Waals surface area (Å²) < 4.78 is 0.956. The lowest BCUT2D eigenvalue weighted by Gasteiger charge is -2.20. The van der Waals surface area contributed by atoms with Crippen LogP contribution in [0.5, 0.6) is 0 Å². The zero-order valence-corrected chi connectivity index (χ0v) is 18.9. The summed E-state index contributed by atoms with van der Waals surface area (Å²) in [7, 11) is 0. The second-order valence-corrected chi connectivity index (χ2v) is 9.50. The molecule has 0 aliphatic rings. The number of fused-ring (bicyclic) bond motifs is 1. The summed E-state index contributed by atoms with van der Waals surface area (Å²) in [6.07, 6.45) is 3.87. The maximum atomic E-state index is 13.2. The number of amides is 1. The van der Waals surface area contributed by atoms with Crippen molar-refractivity contribution in [3.05, 3.63) is 82.6 Å². The first-order valence-electron chi connectivity index (χ1n) is 9.23. The van der Waals surface area contributed by atoms with Gasteiger partial charge in [0.25, 0.3) is 0 Å². The number of carbonyl (C=O) groups excluding carboxylic acids is 1. The van der Waals surface area contributed by atoms with Gasteiger partial charge in [-0.2, -0.15) is 0 Å². The van der Waals surface area contributed by atoms with E-state index in [1.54, 1.807) is 29.1 Å². The van der Waals surface area contributed by atoms with Crippen molar-refractivity contribution < 1.29 is 4.79 Å². The maximum absolute atomic E-state index is 13.2. The molecular formula is C22H17Cl2N3OS2. The summed E-state index contributed by atoms with van der Waals surface area (Å²) in [6, 6.07) is 17.1. The summed E-state index contributed by atoms with van der Waals surface area (Å²) in [5, 5.41) is 1.93. The van der Waals surface area contributed by atoms with Crippen LogP contribution in [-0.2, 0) is 11.3 Å². The zero-order valence-electron chi connectivity index (χ0n) is 15.8. The highest BCUT2D eigenvalue weighted by Gasteiger charge is 2.21. The molecule has 0 saturated carbocycles. The van der Waals surface area contributed by atoms with Crippen LogP contribution in [0.15, 0.2) is 71.9 Å². The van der Waals surface area contributed by atoms with Crippen molar-refractivity contribution in [2.75, 3.05) is 10.7 Å². The van der Waals surface area contributed by atoms with E-state index < -0.39 is 0 Å². The van der Waals surface area contributed by atoms with Crippen LogP contribution in [0.2, 0.25) is 10.0 Å². The molecule has 0 aliphatic heterocycles. The minimum absolute atomic E-state index is 0.00972. The summed E-state index contributed by atoms with van der Waals surface area (Å²) in [5.41, 5.74) is 1.67. The van der Waals surface area contributed by atoms with E-state index in [9.17, 15) is 4.79 Å². The Bertz CT molecular complexity index is 1150. The van der Waals surface area contributed by atoms with Crippen LogP contribution in [0.25, 0.3) is 10.2 Å². The van der Waals surface area contributed by atoms with Crippen LogP contribution in [0, 0.1) is 0 Å². The average molecular weight is 474 g/mol. The molecule has 2 aromatic carbocycles. The highest BCUT2D eigenvalue weighted by Crippen LogP contribution is 2.34. The first kappa shape index (κ1) is 21.1. The molecular weight excluding hydrogens is 457 g/mol. The predicted molar refractivity (Wildman–Crippen MR) is 127 cm³/mol. The number of pyridine rings is 1. The topological polar surface area (TPSA) is 46.1 Å². The number of anilines is 1. The van der Waals surface area contributed by atoms with Crippen molar-refractivity contribution in [2.24, 2.45) is 0 Å². The minimum Gasteiger partial charge on any atom is -0.284 e. The summed E-state index contributed by atoms with van der Waals surface area (Å²) in [5.74, 6) is 0.672. The van der Waals surface area contributed by atoms with Gasteiger partial charge in [-0.25, -0.2) is 4.98 Å². The highest BCUT2D eigenvalue weighted by atomic mass is 35.5. The number of benzene rings is 2. The van der Waals surface area contributed by atoms with E-state index >= 15 is 0 Å².